The Labute approximate surface area is 110 Å². The highest BCUT2D eigenvalue weighted by atomic mass is 35.5. The van der Waals surface area contributed by atoms with Gasteiger partial charge in [-0.3, -0.25) is 4.90 Å². The third kappa shape index (κ3) is 5.53. The molecular formula is C14H22ClNO. The standard InChI is InChI=1S/C14H22ClNO/c1-3-14(11-15)16(2)9-10-17-12-13-7-5-4-6-8-13/h4-8,14H,3,9-12H2,1-2H3. The van der Waals surface area contributed by atoms with Gasteiger partial charge < -0.3 is 4.74 Å². The van der Waals surface area contributed by atoms with E-state index in [0.29, 0.717) is 18.5 Å². The normalized spacial score (nSPS) is 12.9. The lowest BCUT2D eigenvalue weighted by molar-refractivity contribution is 0.0899. The van der Waals surface area contributed by atoms with E-state index in [9.17, 15) is 0 Å². The van der Waals surface area contributed by atoms with Crippen LogP contribution in [0.2, 0.25) is 0 Å². The lowest BCUT2D eigenvalue weighted by Crippen LogP contribution is -2.35. The van der Waals surface area contributed by atoms with Gasteiger partial charge in [0.1, 0.15) is 0 Å². The number of ether oxygens (including phenoxy) is 1. The molecule has 0 aliphatic heterocycles. The van der Waals surface area contributed by atoms with Gasteiger partial charge in [0.15, 0.2) is 0 Å². The third-order valence-electron chi connectivity index (χ3n) is 2.97. The summed E-state index contributed by atoms with van der Waals surface area (Å²) < 4.78 is 5.64. The van der Waals surface area contributed by atoms with Gasteiger partial charge in [-0.2, -0.15) is 0 Å². The van der Waals surface area contributed by atoms with Crippen molar-refractivity contribution in [3.05, 3.63) is 35.9 Å². The zero-order valence-corrected chi connectivity index (χ0v) is 11.5. The monoisotopic (exact) mass is 255 g/mol. The molecule has 1 aromatic carbocycles. The average molecular weight is 256 g/mol. The smallest absolute Gasteiger partial charge is 0.0717 e. The van der Waals surface area contributed by atoms with Crippen molar-refractivity contribution < 1.29 is 4.74 Å². The van der Waals surface area contributed by atoms with Gasteiger partial charge in [-0.05, 0) is 19.0 Å². The van der Waals surface area contributed by atoms with E-state index < -0.39 is 0 Å². The van der Waals surface area contributed by atoms with Gasteiger partial charge in [-0.15, -0.1) is 11.6 Å². The minimum atomic E-state index is 0.456. The van der Waals surface area contributed by atoms with E-state index >= 15 is 0 Å². The highest BCUT2D eigenvalue weighted by Gasteiger charge is 2.10. The topological polar surface area (TPSA) is 12.5 Å². The summed E-state index contributed by atoms with van der Waals surface area (Å²) in [4.78, 5) is 2.26. The first-order chi connectivity index (χ1) is 8.27. The molecule has 3 heteroatoms. The van der Waals surface area contributed by atoms with Crippen LogP contribution in [0.3, 0.4) is 0 Å². The van der Waals surface area contributed by atoms with Crippen LogP contribution in [0, 0.1) is 0 Å². The Hall–Kier alpha value is -0.570. The molecule has 1 rings (SSSR count). The maximum Gasteiger partial charge on any atom is 0.0717 e. The second-order valence-electron chi connectivity index (χ2n) is 4.24. The zero-order chi connectivity index (χ0) is 12.5. The first kappa shape index (κ1) is 14.5. The van der Waals surface area contributed by atoms with Gasteiger partial charge in [0, 0.05) is 18.5 Å². The summed E-state index contributed by atoms with van der Waals surface area (Å²) >= 11 is 5.89. The molecule has 0 saturated carbocycles. The highest BCUT2D eigenvalue weighted by molar-refractivity contribution is 6.18. The highest BCUT2D eigenvalue weighted by Crippen LogP contribution is 2.04. The average Bonchev–Trinajstić information content (AvgIpc) is 2.37. The number of nitrogens with zero attached hydrogens (tertiary/aromatic N) is 1. The maximum absolute atomic E-state index is 5.89. The molecule has 1 aromatic rings. The SMILES string of the molecule is CCC(CCl)N(C)CCOCc1ccccc1. The second kappa shape index (κ2) is 8.51. The largest absolute Gasteiger partial charge is 0.375 e. The maximum atomic E-state index is 5.89. The molecular weight excluding hydrogens is 234 g/mol. The molecule has 0 bridgehead atoms. The van der Waals surface area contributed by atoms with Crippen LogP contribution >= 0.6 is 11.6 Å². The van der Waals surface area contributed by atoms with Crippen LogP contribution in [-0.4, -0.2) is 37.0 Å². The predicted octanol–water partition coefficient (Wildman–Crippen LogP) is 3.15. The first-order valence-corrected chi connectivity index (χ1v) is 6.69. The van der Waals surface area contributed by atoms with E-state index in [1.807, 2.05) is 18.2 Å². The summed E-state index contributed by atoms with van der Waals surface area (Å²) in [5.74, 6) is 0.686. The first-order valence-electron chi connectivity index (χ1n) is 6.15. The molecule has 0 radical (unpaired) electrons. The Bertz CT molecular complexity index is 288. The van der Waals surface area contributed by atoms with Crippen molar-refractivity contribution in [3.8, 4) is 0 Å². The van der Waals surface area contributed by atoms with Gasteiger partial charge >= 0.3 is 0 Å². The number of halogens is 1. The second-order valence-corrected chi connectivity index (χ2v) is 4.54. The van der Waals surface area contributed by atoms with Crippen LogP contribution in [0.4, 0.5) is 0 Å². The number of likely N-dealkylation sites (N-methyl/N-ethyl adjacent to an activating group) is 1. The van der Waals surface area contributed by atoms with Crippen LogP contribution in [0.1, 0.15) is 18.9 Å². The molecule has 0 fully saturated rings. The number of benzene rings is 1. The fourth-order valence-electron chi connectivity index (χ4n) is 1.69. The van der Waals surface area contributed by atoms with Gasteiger partial charge in [-0.1, -0.05) is 37.3 Å². The summed E-state index contributed by atoms with van der Waals surface area (Å²) in [5.41, 5.74) is 1.22. The molecule has 0 N–H and O–H groups in total. The Kier molecular flexibility index (Phi) is 7.25. The molecule has 0 aliphatic rings. The molecule has 0 aromatic heterocycles. The van der Waals surface area contributed by atoms with Crippen molar-refractivity contribution in [2.75, 3.05) is 26.1 Å². The van der Waals surface area contributed by atoms with Gasteiger partial charge in [-0.25, -0.2) is 0 Å². The van der Waals surface area contributed by atoms with Crippen LogP contribution in [0.5, 0.6) is 0 Å². The zero-order valence-electron chi connectivity index (χ0n) is 10.7. The Morgan fingerprint density at radius 2 is 2.00 bits per heavy atom. The lowest BCUT2D eigenvalue weighted by atomic mass is 10.2. The molecule has 1 unspecified atom stereocenters. The Balaban J connectivity index is 2.16. The number of hydrogen-bond donors (Lipinski definition) is 0. The summed E-state index contributed by atoms with van der Waals surface area (Å²) in [5, 5.41) is 0. The molecule has 0 aliphatic carbocycles. The van der Waals surface area contributed by atoms with E-state index in [1.54, 1.807) is 0 Å². The van der Waals surface area contributed by atoms with Crippen LogP contribution in [0.15, 0.2) is 30.3 Å². The van der Waals surface area contributed by atoms with Crippen molar-refractivity contribution in [3.63, 3.8) is 0 Å². The van der Waals surface area contributed by atoms with E-state index in [-0.39, 0.29) is 0 Å². The molecule has 96 valence electrons. The molecule has 17 heavy (non-hydrogen) atoms. The summed E-state index contributed by atoms with van der Waals surface area (Å²) in [6.45, 7) is 4.53. The van der Waals surface area contributed by atoms with E-state index in [1.165, 1.54) is 5.56 Å². The number of alkyl halides is 1. The van der Waals surface area contributed by atoms with E-state index in [4.69, 9.17) is 16.3 Å². The van der Waals surface area contributed by atoms with Crippen molar-refractivity contribution >= 4 is 11.6 Å². The van der Waals surface area contributed by atoms with Crippen LogP contribution in [-0.2, 0) is 11.3 Å². The molecule has 2 nitrogen and oxygen atoms in total. The molecule has 0 spiro atoms. The minimum Gasteiger partial charge on any atom is -0.375 e. The molecule has 1 atom stereocenters. The minimum absolute atomic E-state index is 0.456. The van der Waals surface area contributed by atoms with E-state index in [2.05, 4.69) is 31.0 Å². The van der Waals surface area contributed by atoms with Gasteiger partial charge in [0.05, 0.1) is 13.2 Å². The molecule has 0 heterocycles. The summed E-state index contributed by atoms with van der Waals surface area (Å²) in [7, 11) is 2.10. The quantitative estimate of drug-likeness (QED) is 0.523. The number of rotatable bonds is 8. The lowest BCUT2D eigenvalue weighted by Gasteiger charge is -2.24. The fourth-order valence-corrected chi connectivity index (χ4v) is 2.15. The predicted molar refractivity (Wildman–Crippen MR) is 73.5 cm³/mol. The van der Waals surface area contributed by atoms with Crippen molar-refractivity contribution in [1.82, 2.24) is 4.90 Å². The van der Waals surface area contributed by atoms with Crippen LogP contribution in [0.25, 0.3) is 0 Å². The Morgan fingerprint density at radius 3 is 2.59 bits per heavy atom. The van der Waals surface area contributed by atoms with E-state index in [0.717, 1.165) is 19.6 Å². The molecule has 0 saturated heterocycles. The fraction of sp³-hybridized carbons (Fsp3) is 0.571. The van der Waals surface area contributed by atoms with Crippen molar-refractivity contribution in [2.45, 2.75) is 26.0 Å². The summed E-state index contributed by atoms with van der Waals surface area (Å²) in [6, 6.07) is 10.7. The van der Waals surface area contributed by atoms with Crippen molar-refractivity contribution in [1.29, 1.82) is 0 Å². The number of hydrogen-bond acceptors (Lipinski definition) is 2. The molecule has 0 amide bonds. The van der Waals surface area contributed by atoms with Gasteiger partial charge in [0.2, 0.25) is 0 Å². The van der Waals surface area contributed by atoms with Gasteiger partial charge in [0.25, 0.3) is 0 Å². The third-order valence-corrected chi connectivity index (χ3v) is 3.33. The van der Waals surface area contributed by atoms with Crippen molar-refractivity contribution in [2.24, 2.45) is 0 Å². The summed E-state index contributed by atoms with van der Waals surface area (Å²) in [6.07, 6.45) is 1.08. The Morgan fingerprint density at radius 1 is 1.29 bits per heavy atom. The van der Waals surface area contributed by atoms with Crippen LogP contribution < -0.4 is 0 Å².